The zero-order valence-corrected chi connectivity index (χ0v) is 7.23. The number of nitrogens with one attached hydrogen (secondary N) is 1. The first kappa shape index (κ1) is 8.25. The largest absolute Gasteiger partial charge is 0.393 e. The fourth-order valence-corrected chi connectivity index (χ4v) is 1.53. The highest BCUT2D eigenvalue weighted by atomic mass is 16.1. The van der Waals surface area contributed by atoms with Crippen LogP contribution in [0.3, 0.4) is 0 Å². The fraction of sp³-hybridized carbons (Fsp3) is 0.500. The highest BCUT2D eigenvalue weighted by Crippen LogP contribution is 2.15. The van der Waals surface area contributed by atoms with Crippen LogP contribution in [-0.2, 0) is 0 Å². The van der Waals surface area contributed by atoms with E-state index in [2.05, 4.69) is 10.3 Å². The van der Waals surface area contributed by atoms with Gasteiger partial charge in [0.1, 0.15) is 12.0 Å². The summed E-state index contributed by atoms with van der Waals surface area (Å²) < 4.78 is 1.85. The number of nitrogens with zero attached hydrogens (tertiary/aromatic N) is 2. The summed E-state index contributed by atoms with van der Waals surface area (Å²) in [5.74, 6) is 0. The van der Waals surface area contributed by atoms with Crippen molar-refractivity contribution in [1.82, 2.24) is 14.9 Å². The third-order valence-electron chi connectivity index (χ3n) is 2.24. The standard InChI is InChI=1S/C8H12N4O/c9-6-4-12(5-11-8(6)13)7-2-1-3-10-7/h4-5,7,10H,1-3,9H2. The monoisotopic (exact) mass is 180 g/mol. The fourth-order valence-electron chi connectivity index (χ4n) is 1.53. The van der Waals surface area contributed by atoms with Crippen molar-refractivity contribution in [2.24, 2.45) is 0 Å². The Kier molecular flexibility index (Phi) is 2.02. The van der Waals surface area contributed by atoms with Crippen LogP contribution >= 0.6 is 0 Å². The summed E-state index contributed by atoms with van der Waals surface area (Å²) in [6.45, 7) is 1.01. The Bertz CT molecular complexity index is 353. The molecule has 1 aliphatic rings. The van der Waals surface area contributed by atoms with Crippen LogP contribution < -0.4 is 16.6 Å². The number of aromatic nitrogens is 2. The second-order valence-corrected chi connectivity index (χ2v) is 3.19. The molecular weight excluding hydrogens is 168 g/mol. The van der Waals surface area contributed by atoms with E-state index >= 15 is 0 Å². The Labute approximate surface area is 75.6 Å². The summed E-state index contributed by atoms with van der Waals surface area (Å²) in [7, 11) is 0. The molecule has 1 fully saturated rings. The van der Waals surface area contributed by atoms with E-state index in [-0.39, 0.29) is 17.4 Å². The van der Waals surface area contributed by atoms with Gasteiger partial charge in [-0.05, 0) is 19.4 Å². The molecule has 2 heterocycles. The van der Waals surface area contributed by atoms with Crippen LogP contribution in [-0.4, -0.2) is 16.1 Å². The van der Waals surface area contributed by atoms with Crippen LogP contribution in [0.5, 0.6) is 0 Å². The Balaban J connectivity index is 2.30. The van der Waals surface area contributed by atoms with Crippen molar-refractivity contribution < 1.29 is 0 Å². The molecule has 0 aliphatic carbocycles. The van der Waals surface area contributed by atoms with Crippen LogP contribution in [0.4, 0.5) is 5.69 Å². The predicted molar refractivity (Wildman–Crippen MR) is 49.2 cm³/mol. The lowest BCUT2D eigenvalue weighted by molar-refractivity contribution is 0.461. The van der Waals surface area contributed by atoms with Gasteiger partial charge in [-0.3, -0.25) is 10.1 Å². The van der Waals surface area contributed by atoms with Gasteiger partial charge in [0.2, 0.25) is 0 Å². The number of hydrogen-bond acceptors (Lipinski definition) is 4. The molecule has 13 heavy (non-hydrogen) atoms. The molecule has 1 unspecified atom stereocenters. The zero-order chi connectivity index (χ0) is 9.26. The van der Waals surface area contributed by atoms with Crippen molar-refractivity contribution in [3.63, 3.8) is 0 Å². The molecule has 5 heteroatoms. The van der Waals surface area contributed by atoms with Crippen molar-refractivity contribution >= 4 is 5.69 Å². The summed E-state index contributed by atoms with van der Waals surface area (Å²) in [6.07, 6.45) is 5.62. The predicted octanol–water partition coefficient (Wildman–Crippen LogP) is -0.293. The Hall–Kier alpha value is -1.36. The number of nitrogen functional groups attached to an aromatic ring is 1. The number of hydrogen-bond donors (Lipinski definition) is 2. The van der Waals surface area contributed by atoms with Crippen LogP contribution in [0.25, 0.3) is 0 Å². The quantitative estimate of drug-likeness (QED) is 0.622. The summed E-state index contributed by atoms with van der Waals surface area (Å²) in [6, 6.07) is 0. The molecule has 0 spiro atoms. The number of anilines is 1. The van der Waals surface area contributed by atoms with Crippen LogP contribution in [0.15, 0.2) is 17.3 Å². The average molecular weight is 180 g/mol. The molecule has 2 rings (SSSR count). The third-order valence-corrected chi connectivity index (χ3v) is 2.24. The molecule has 1 saturated heterocycles. The molecule has 1 aromatic heterocycles. The van der Waals surface area contributed by atoms with E-state index in [0.29, 0.717) is 0 Å². The molecule has 0 saturated carbocycles. The molecule has 0 bridgehead atoms. The van der Waals surface area contributed by atoms with Gasteiger partial charge >= 0.3 is 0 Å². The van der Waals surface area contributed by atoms with Gasteiger partial charge < -0.3 is 10.3 Å². The van der Waals surface area contributed by atoms with E-state index in [0.717, 1.165) is 19.4 Å². The van der Waals surface area contributed by atoms with E-state index in [1.165, 1.54) is 6.33 Å². The molecule has 0 aromatic carbocycles. The Morgan fingerprint density at radius 1 is 1.69 bits per heavy atom. The maximum absolute atomic E-state index is 10.9. The molecule has 0 radical (unpaired) electrons. The van der Waals surface area contributed by atoms with Gasteiger partial charge in [-0.25, -0.2) is 0 Å². The molecule has 1 aromatic rings. The summed E-state index contributed by atoms with van der Waals surface area (Å²) in [4.78, 5) is 14.6. The lowest BCUT2D eigenvalue weighted by Gasteiger charge is -2.13. The summed E-state index contributed by atoms with van der Waals surface area (Å²) in [5, 5.41) is 3.28. The van der Waals surface area contributed by atoms with Crippen molar-refractivity contribution in [2.45, 2.75) is 19.0 Å². The van der Waals surface area contributed by atoms with Gasteiger partial charge in [0.05, 0.1) is 6.17 Å². The van der Waals surface area contributed by atoms with Crippen molar-refractivity contribution in [3.8, 4) is 0 Å². The van der Waals surface area contributed by atoms with E-state index in [1.807, 2.05) is 4.57 Å². The normalized spacial score (nSPS) is 22.0. The molecule has 0 amide bonds. The van der Waals surface area contributed by atoms with Gasteiger partial charge in [-0.2, -0.15) is 4.98 Å². The minimum absolute atomic E-state index is 0.205. The van der Waals surface area contributed by atoms with Crippen molar-refractivity contribution in [2.75, 3.05) is 12.3 Å². The maximum Gasteiger partial charge on any atom is 0.295 e. The zero-order valence-electron chi connectivity index (χ0n) is 7.23. The Morgan fingerprint density at radius 3 is 3.15 bits per heavy atom. The molecule has 1 atom stereocenters. The first-order valence-electron chi connectivity index (χ1n) is 4.34. The van der Waals surface area contributed by atoms with Gasteiger partial charge in [0.15, 0.2) is 0 Å². The van der Waals surface area contributed by atoms with E-state index < -0.39 is 0 Å². The van der Waals surface area contributed by atoms with Gasteiger partial charge in [-0.15, -0.1) is 0 Å². The highest BCUT2D eigenvalue weighted by molar-refractivity contribution is 5.30. The molecule has 3 N–H and O–H groups in total. The summed E-state index contributed by atoms with van der Waals surface area (Å²) >= 11 is 0. The first-order valence-corrected chi connectivity index (χ1v) is 4.34. The Morgan fingerprint density at radius 2 is 2.54 bits per heavy atom. The smallest absolute Gasteiger partial charge is 0.295 e. The lowest BCUT2D eigenvalue weighted by atomic mass is 10.3. The van der Waals surface area contributed by atoms with Crippen LogP contribution in [0.2, 0.25) is 0 Å². The van der Waals surface area contributed by atoms with Gasteiger partial charge in [0.25, 0.3) is 5.56 Å². The number of rotatable bonds is 1. The third kappa shape index (κ3) is 1.55. The second kappa shape index (κ2) is 3.18. The topological polar surface area (TPSA) is 72.9 Å². The van der Waals surface area contributed by atoms with E-state index in [1.54, 1.807) is 6.20 Å². The van der Waals surface area contributed by atoms with Gasteiger partial charge in [0, 0.05) is 6.20 Å². The molecule has 5 nitrogen and oxygen atoms in total. The maximum atomic E-state index is 10.9. The molecular formula is C8H12N4O. The molecule has 1 aliphatic heterocycles. The van der Waals surface area contributed by atoms with Crippen LogP contribution in [0.1, 0.15) is 19.0 Å². The SMILES string of the molecule is Nc1cn(C2CCCN2)cnc1=O. The van der Waals surface area contributed by atoms with Crippen molar-refractivity contribution in [1.29, 1.82) is 0 Å². The van der Waals surface area contributed by atoms with Crippen molar-refractivity contribution in [3.05, 3.63) is 22.9 Å². The average Bonchev–Trinajstić information content (AvgIpc) is 2.62. The minimum atomic E-state index is -0.353. The van der Waals surface area contributed by atoms with E-state index in [9.17, 15) is 4.79 Å². The number of nitrogens with two attached hydrogens (primary N) is 1. The molecule has 70 valence electrons. The lowest BCUT2D eigenvalue weighted by Crippen LogP contribution is -2.23. The van der Waals surface area contributed by atoms with E-state index in [4.69, 9.17) is 5.73 Å². The van der Waals surface area contributed by atoms with Crippen LogP contribution in [0, 0.1) is 0 Å². The van der Waals surface area contributed by atoms with Gasteiger partial charge in [-0.1, -0.05) is 0 Å². The first-order chi connectivity index (χ1) is 6.27. The second-order valence-electron chi connectivity index (χ2n) is 3.19. The summed E-state index contributed by atoms with van der Waals surface area (Å²) in [5.41, 5.74) is 5.32. The minimum Gasteiger partial charge on any atom is -0.393 e. The highest BCUT2D eigenvalue weighted by Gasteiger charge is 2.14.